The quantitative estimate of drug-likeness (QED) is 0.651. The lowest BCUT2D eigenvalue weighted by molar-refractivity contribution is 0.569. The standard InChI is InChI=1S/C16H15BrF2/c1-9-4-5-12(6-10(9)2)16(17)13-7-11(3)14(18)8-15(13)19/h4-8,16H,1-3H3. The highest BCUT2D eigenvalue weighted by molar-refractivity contribution is 9.09. The van der Waals surface area contributed by atoms with Gasteiger partial charge in [0.25, 0.3) is 0 Å². The fourth-order valence-corrected chi connectivity index (χ4v) is 2.61. The van der Waals surface area contributed by atoms with Crippen LogP contribution in [0.2, 0.25) is 0 Å². The molecule has 0 spiro atoms. The van der Waals surface area contributed by atoms with E-state index in [0.717, 1.165) is 17.2 Å². The van der Waals surface area contributed by atoms with Gasteiger partial charge in [0.1, 0.15) is 11.6 Å². The summed E-state index contributed by atoms with van der Waals surface area (Å²) in [7, 11) is 0. The minimum absolute atomic E-state index is 0.272. The molecule has 0 radical (unpaired) electrons. The molecule has 0 heterocycles. The Morgan fingerprint density at radius 2 is 1.53 bits per heavy atom. The van der Waals surface area contributed by atoms with Gasteiger partial charge in [-0.3, -0.25) is 0 Å². The summed E-state index contributed by atoms with van der Waals surface area (Å²) in [6.45, 7) is 5.69. The maximum absolute atomic E-state index is 13.9. The summed E-state index contributed by atoms with van der Waals surface area (Å²) in [4.78, 5) is -0.272. The molecule has 19 heavy (non-hydrogen) atoms. The molecule has 0 amide bonds. The number of alkyl halides is 1. The molecule has 0 nitrogen and oxygen atoms in total. The van der Waals surface area contributed by atoms with E-state index >= 15 is 0 Å². The van der Waals surface area contributed by atoms with Crippen LogP contribution in [0, 0.1) is 32.4 Å². The molecule has 3 heteroatoms. The monoisotopic (exact) mass is 324 g/mol. The number of rotatable bonds is 2. The Kier molecular flexibility index (Phi) is 4.04. The molecule has 0 aliphatic carbocycles. The van der Waals surface area contributed by atoms with E-state index in [4.69, 9.17) is 0 Å². The van der Waals surface area contributed by atoms with Gasteiger partial charge in [0.15, 0.2) is 0 Å². The molecule has 0 aromatic heterocycles. The molecule has 0 aliphatic heterocycles. The van der Waals surface area contributed by atoms with Crippen molar-refractivity contribution in [3.05, 3.63) is 69.8 Å². The zero-order valence-corrected chi connectivity index (χ0v) is 12.7. The van der Waals surface area contributed by atoms with E-state index in [9.17, 15) is 8.78 Å². The second-order valence-electron chi connectivity index (χ2n) is 4.83. The SMILES string of the molecule is Cc1ccc(C(Br)c2cc(C)c(F)cc2F)cc1C. The lowest BCUT2D eigenvalue weighted by atomic mass is 9.99. The fraction of sp³-hybridized carbons (Fsp3) is 0.250. The van der Waals surface area contributed by atoms with E-state index in [1.807, 2.05) is 32.0 Å². The van der Waals surface area contributed by atoms with Crippen molar-refractivity contribution in [2.75, 3.05) is 0 Å². The van der Waals surface area contributed by atoms with Gasteiger partial charge in [0.2, 0.25) is 0 Å². The van der Waals surface area contributed by atoms with Crippen molar-refractivity contribution in [1.82, 2.24) is 0 Å². The van der Waals surface area contributed by atoms with Crippen molar-refractivity contribution in [3.63, 3.8) is 0 Å². The average molecular weight is 325 g/mol. The molecule has 0 fully saturated rings. The molecule has 0 bridgehead atoms. The van der Waals surface area contributed by atoms with Gasteiger partial charge >= 0.3 is 0 Å². The van der Waals surface area contributed by atoms with Crippen LogP contribution in [-0.4, -0.2) is 0 Å². The smallest absolute Gasteiger partial charge is 0.130 e. The Balaban J connectivity index is 2.46. The van der Waals surface area contributed by atoms with E-state index in [1.54, 1.807) is 13.0 Å². The van der Waals surface area contributed by atoms with Crippen molar-refractivity contribution in [1.29, 1.82) is 0 Å². The van der Waals surface area contributed by atoms with Crippen molar-refractivity contribution in [2.24, 2.45) is 0 Å². The third-order valence-electron chi connectivity index (χ3n) is 3.37. The van der Waals surface area contributed by atoms with Gasteiger partial charge in [0, 0.05) is 11.6 Å². The largest absolute Gasteiger partial charge is 0.207 e. The van der Waals surface area contributed by atoms with Crippen LogP contribution in [0.1, 0.15) is 32.6 Å². The highest BCUT2D eigenvalue weighted by Gasteiger charge is 2.17. The van der Waals surface area contributed by atoms with Gasteiger partial charge in [-0.25, -0.2) is 8.78 Å². The van der Waals surface area contributed by atoms with Crippen LogP contribution in [0.5, 0.6) is 0 Å². The Labute approximate surface area is 120 Å². The van der Waals surface area contributed by atoms with Crippen molar-refractivity contribution < 1.29 is 8.78 Å². The molecule has 0 saturated carbocycles. The second-order valence-corrected chi connectivity index (χ2v) is 5.74. The van der Waals surface area contributed by atoms with Gasteiger partial charge < -0.3 is 0 Å². The second kappa shape index (κ2) is 5.41. The Morgan fingerprint density at radius 3 is 2.16 bits per heavy atom. The Morgan fingerprint density at radius 1 is 0.842 bits per heavy atom. The summed E-state index contributed by atoms with van der Waals surface area (Å²) >= 11 is 3.50. The van der Waals surface area contributed by atoms with Crippen molar-refractivity contribution in [2.45, 2.75) is 25.6 Å². The number of hydrogen-bond donors (Lipinski definition) is 0. The average Bonchev–Trinajstić information content (AvgIpc) is 2.36. The molecule has 0 N–H and O–H groups in total. The first kappa shape index (κ1) is 14.2. The molecule has 1 atom stereocenters. The van der Waals surface area contributed by atoms with Crippen LogP contribution >= 0.6 is 15.9 Å². The van der Waals surface area contributed by atoms with E-state index in [2.05, 4.69) is 15.9 Å². The van der Waals surface area contributed by atoms with Gasteiger partial charge in [-0.1, -0.05) is 34.1 Å². The predicted molar refractivity (Wildman–Crippen MR) is 77.8 cm³/mol. The van der Waals surface area contributed by atoms with E-state index in [1.165, 1.54) is 5.56 Å². The maximum Gasteiger partial charge on any atom is 0.130 e. The van der Waals surface area contributed by atoms with Crippen LogP contribution < -0.4 is 0 Å². The molecule has 2 aromatic carbocycles. The van der Waals surface area contributed by atoms with E-state index < -0.39 is 11.6 Å². The van der Waals surface area contributed by atoms with Gasteiger partial charge in [-0.2, -0.15) is 0 Å². The molecule has 1 unspecified atom stereocenters. The molecule has 100 valence electrons. The third-order valence-corrected chi connectivity index (χ3v) is 4.40. The van der Waals surface area contributed by atoms with E-state index in [-0.39, 0.29) is 4.83 Å². The number of halogens is 3. The molecule has 0 aliphatic rings. The number of benzene rings is 2. The van der Waals surface area contributed by atoms with Gasteiger partial charge in [0.05, 0.1) is 4.83 Å². The fourth-order valence-electron chi connectivity index (χ4n) is 1.98. The molecule has 2 aromatic rings. The first-order valence-electron chi connectivity index (χ1n) is 6.07. The van der Waals surface area contributed by atoms with Crippen LogP contribution in [0.25, 0.3) is 0 Å². The van der Waals surface area contributed by atoms with Gasteiger partial charge in [-0.05, 0) is 49.1 Å². The van der Waals surface area contributed by atoms with Crippen molar-refractivity contribution >= 4 is 15.9 Å². The number of aryl methyl sites for hydroxylation is 3. The zero-order valence-electron chi connectivity index (χ0n) is 11.1. The minimum Gasteiger partial charge on any atom is -0.207 e. The first-order chi connectivity index (χ1) is 8.90. The summed E-state index contributed by atoms with van der Waals surface area (Å²) in [5.41, 5.74) is 4.22. The minimum atomic E-state index is -0.525. The lowest BCUT2D eigenvalue weighted by Gasteiger charge is -2.14. The first-order valence-corrected chi connectivity index (χ1v) is 6.98. The lowest BCUT2D eigenvalue weighted by Crippen LogP contribution is -2.00. The molecular formula is C16H15BrF2. The van der Waals surface area contributed by atoms with Crippen LogP contribution in [0.3, 0.4) is 0 Å². The predicted octanol–water partition coefficient (Wildman–Crippen LogP) is 5.37. The van der Waals surface area contributed by atoms with E-state index in [0.29, 0.717) is 11.1 Å². The molecule has 2 rings (SSSR count). The molecule has 0 saturated heterocycles. The third kappa shape index (κ3) is 2.86. The van der Waals surface area contributed by atoms with Gasteiger partial charge in [-0.15, -0.1) is 0 Å². The number of hydrogen-bond acceptors (Lipinski definition) is 0. The summed E-state index contributed by atoms with van der Waals surface area (Å²) in [5, 5.41) is 0. The molecular weight excluding hydrogens is 310 g/mol. The summed E-state index contributed by atoms with van der Waals surface area (Å²) in [6, 6.07) is 8.49. The highest BCUT2D eigenvalue weighted by atomic mass is 79.9. The topological polar surface area (TPSA) is 0 Å². The summed E-state index contributed by atoms with van der Waals surface area (Å²) < 4.78 is 27.2. The normalized spacial score (nSPS) is 12.5. The summed E-state index contributed by atoms with van der Waals surface area (Å²) in [6.07, 6.45) is 0. The van der Waals surface area contributed by atoms with Crippen LogP contribution in [0.4, 0.5) is 8.78 Å². The maximum atomic E-state index is 13.9. The van der Waals surface area contributed by atoms with Crippen molar-refractivity contribution in [3.8, 4) is 0 Å². The summed E-state index contributed by atoms with van der Waals surface area (Å²) in [5.74, 6) is -1.04. The van der Waals surface area contributed by atoms with Crippen LogP contribution in [-0.2, 0) is 0 Å². The Bertz CT molecular complexity index is 620. The Hall–Kier alpha value is -1.22. The highest BCUT2D eigenvalue weighted by Crippen LogP contribution is 2.34. The zero-order chi connectivity index (χ0) is 14.2. The van der Waals surface area contributed by atoms with Crippen LogP contribution in [0.15, 0.2) is 30.3 Å².